The Labute approximate surface area is 154 Å². The molecule has 146 valence electrons. The minimum Gasteiger partial charge on any atom is -0.373 e. The topological polar surface area (TPSA) is 114 Å². The van der Waals surface area contributed by atoms with Crippen LogP contribution in [0.15, 0.2) is 0 Å². The van der Waals surface area contributed by atoms with Gasteiger partial charge >= 0.3 is 0 Å². The third-order valence-electron chi connectivity index (χ3n) is 5.73. The number of ether oxygens (including phenoxy) is 1. The fourth-order valence-corrected chi connectivity index (χ4v) is 3.96. The van der Waals surface area contributed by atoms with Crippen LogP contribution in [0.4, 0.5) is 0 Å². The largest absolute Gasteiger partial charge is 0.373 e. The average Bonchev–Trinajstić information content (AvgIpc) is 3.25. The molecule has 2 saturated heterocycles. The van der Waals surface area contributed by atoms with Crippen LogP contribution in [0.25, 0.3) is 0 Å². The van der Waals surface area contributed by atoms with Crippen LogP contribution in [-0.2, 0) is 19.1 Å². The van der Waals surface area contributed by atoms with Crippen molar-refractivity contribution >= 4 is 17.7 Å². The molecule has 26 heavy (non-hydrogen) atoms. The van der Waals surface area contributed by atoms with E-state index >= 15 is 0 Å². The van der Waals surface area contributed by atoms with E-state index in [9.17, 15) is 14.4 Å². The van der Waals surface area contributed by atoms with Gasteiger partial charge in [0.1, 0.15) is 12.1 Å². The standard InChI is InChI=1S/C18H30N4O4/c1-11(26-12-5-2-6-12)15(16(19)23)21-17(24)14-8-4-10-22(14)18(25)13-7-3-9-20-13/h11-15,20H,2-10H2,1H3,(H2,19,23)(H,21,24)/t11-,13+,14+,15+/m1/s1. The number of nitrogens with two attached hydrogens (primary N) is 1. The number of rotatable bonds is 7. The van der Waals surface area contributed by atoms with Crippen LogP contribution in [0.2, 0.25) is 0 Å². The molecule has 0 aromatic carbocycles. The van der Waals surface area contributed by atoms with Crippen LogP contribution < -0.4 is 16.4 Å². The van der Waals surface area contributed by atoms with Gasteiger partial charge in [-0.3, -0.25) is 14.4 Å². The van der Waals surface area contributed by atoms with Gasteiger partial charge in [-0.05, 0) is 58.4 Å². The van der Waals surface area contributed by atoms with Crippen LogP contribution in [0, 0.1) is 0 Å². The van der Waals surface area contributed by atoms with Crippen molar-refractivity contribution in [3.05, 3.63) is 0 Å². The Morgan fingerprint density at radius 3 is 2.50 bits per heavy atom. The first-order chi connectivity index (χ1) is 12.5. The second-order valence-corrected chi connectivity index (χ2v) is 7.62. The summed E-state index contributed by atoms with van der Waals surface area (Å²) in [5, 5.41) is 5.92. The monoisotopic (exact) mass is 366 g/mol. The molecule has 8 nitrogen and oxygen atoms in total. The Bertz CT molecular complexity index is 545. The number of nitrogens with one attached hydrogen (secondary N) is 2. The summed E-state index contributed by atoms with van der Waals surface area (Å²) in [6, 6.07) is -1.62. The highest BCUT2D eigenvalue weighted by molar-refractivity contribution is 5.93. The van der Waals surface area contributed by atoms with Crippen molar-refractivity contribution in [3.8, 4) is 0 Å². The van der Waals surface area contributed by atoms with E-state index in [1.54, 1.807) is 11.8 Å². The summed E-state index contributed by atoms with van der Waals surface area (Å²) >= 11 is 0. The van der Waals surface area contributed by atoms with Gasteiger partial charge in [0.05, 0.1) is 18.2 Å². The number of primary amides is 1. The molecule has 3 rings (SSSR count). The molecule has 0 radical (unpaired) electrons. The predicted octanol–water partition coefficient (Wildman–Crippen LogP) is -0.343. The zero-order chi connectivity index (χ0) is 18.7. The van der Waals surface area contributed by atoms with E-state index in [1.807, 2.05) is 0 Å². The van der Waals surface area contributed by atoms with Crippen LogP contribution in [-0.4, -0.2) is 66.0 Å². The van der Waals surface area contributed by atoms with Crippen LogP contribution >= 0.6 is 0 Å². The van der Waals surface area contributed by atoms with Crippen molar-refractivity contribution < 1.29 is 19.1 Å². The molecule has 8 heteroatoms. The first-order valence-corrected chi connectivity index (χ1v) is 9.76. The number of amides is 3. The molecule has 2 heterocycles. The van der Waals surface area contributed by atoms with Crippen molar-refractivity contribution in [3.63, 3.8) is 0 Å². The zero-order valence-electron chi connectivity index (χ0n) is 15.4. The maximum Gasteiger partial charge on any atom is 0.243 e. The molecule has 2 aliphatic heterocycles. The molecule has 0 aromatic rings. The minimum atomic E-state index is -0.884. The highest BCUT2D eigenvalue weighted by Crippen LogP contribution is 2.24. The molecule has 0 aromatic heterocycles. The SMILES string of the molecule is C[C@@H](OC1CCC1)[C@H](NC(=O)[C@@H]1CCCN1C(=O)[C@@H]1CCCN1)C(N)=O. The summed E-state index contributed by atoms with van der Waals surface area (Å²) in [6.07, 6.45) is 5.90. The Kier molecular flexibility index (Phi) is 6.13. The number of carbonyl (C=O) groups is 3. The quantitative estimate of drug-likeness (QED) is 0.570. The molecular formula is C18H30N4O4. The molecule has 3 amide bonds. The summed E-state index contributed by atoms with van der Waals surface area (Å²) < 4.78 is 5.82. The predicted molar refractivity (Wildman–Crippen MR) is 95.1 cm³/mol. The molecule has 3 fully saturated rings. The second-order valence-electron chi connectivity index (χ2n) is 7.62. The summed E-state index contributed by atoms with van der Waals surface area (Å²) in [7, 11) is 0. The van der Waals surface area contributed by atoms with Gasteiger partial charge in [-0.15, -0.1) is 0 Å². The van der Waals surface area contributed by atoms with E-state index in [4.69, 9.17) is 10.5 Å². The lowest BCUT2D eigenvalue weighted by atomic mass is 9.95. The van der Waals surface area contributed by atoms with Crippen molar-refractivity contribution in [1.29, 1.82) is 0 Å². The maximum atomic E-state index is 12.8. The van der Waals surface area contributed by atoms with E-state index in [0.717, 1.165) is 45.1 Å². The Morgan fingerprint density at radius 2 is 1.92 bits per heavy atom. The van der Waals surface area contributed by atoms with E-state index in [-0.39, 0.29) is 24.0 Å². The number of carbonyl (C=O) groups excluding carboxylic acids is 3. The van der Waals surface area contributed by atoms with Gasteiger partial charge in [0.2, 0.25) is 17.7 Å². The molecule has 1 aliphatic carbocycles. The molecule has 0 unspecified atom stereocenters. The van der Waals surface area contributed by atoms with Gasteiger partial charge in [-0.25, -0.2) is 0 Å². The third-order valence-corrected chi connectivity index (χ3v) is 5.73. The summed E-state index contributed by atoms with van der Waals surface area (Å²) in [5.41, 5.74) is 5.49. The fourth-order valence-electron chi connectivity index (χ4n) is 3.96. The average molecular weight is 366 g/mol. The van der Waals surface area contributed by atoms with Crippen molar-refractivity contribution in [2.24, 2.45) is 5.73 Å². The molecule has 4 N–H and O–H groups in total. The normalized spacial score (nSPS) is 28.4. The molecule has 3 aliphatic rings. The van der Waals surface area contributed by atoms with Crippen LogP contribution in [0.5, 0.6) is 0 Å². The molecular weight excluding hydrogens is 336 g/mol. The Morgan fingerprint density at radius 1 is 1.15 bits per heavy atom. The van der Waals surface area contributed by atoms with E-state index in [0.29, 0.717) is 13.0 Å². The third kappa shape index (κ3) is 4.17. The lowest BCUT2D eigenvalue weighted by Crippen LogP contribution is -2.58. The number of likely N-dealkylation sites (tertiary alicyclic amines) is 1. The highest BCUT2D eigenvalue weighted by atomic mass is 16.5. The number of hydrogen-bond donors (Lipinski definition) is 3. The molecule has 4 atom stereocenters. The molecule has 0 spiro atoms. The van der Waals surface area contributed by atoms with Crippen LogP contribution in [0.3, 0.4) is 0 Å². The van der Waals surface area contributed by atoms with Gasteiger partial charge in [-0.2, -0.15) is 0 Å². The second kappa shape index (κ2) is 8.35. The first-order valence-electron chi connectivity index (χ1n) is 9.76. The first kappa shape index (κ1) is 19.1. The lowest BCUT2D eigenvalue weighted by molar-refractivity contribution is -0.142. The highest BCUT2D eigenvalue weighted by Gasteiger charge is 2.39. The van der Waals surface area contributed by atoms with E-state index in [1.165, 1.54) is 0 Å². The lowest BCUT2D eigenvalue weighted by Gasteiger charge is -2.33. The zero-order valence-corrected chi connectivity index (χ0v) is 15.4. The Hall–Kier alpha value is -1.67. The summed E-state index contributed by atoms with van der Waals surface area (Å²) in [6.45, 7) is 3.17. The van der Waals surface area contributed by atoms with Crippen molar-refractivity contribution in [2.75, 3.05) is 13.1 Å². The molecule has 0 bridgehead atoms. The number of nitrogens with zero attached hydrogens (tertiary/aromatic N) is 1. The van der Waals surface area contributed by atoms with Gasteiger partial charge in [0.15, 0.2) is 0 Å². The fraction of sp³-hybridized carbons (Fsp3) is 0.833. The van der Waals surface area contributed by atoms with E-state index in [2.05, 4.69) is 10.6 Å². The van der Waals surface area contributed by atoms with Crippen LogP contribution in [0.1, 0.15) is 51.9 Å². The van der Waals surface area contributed by atoms with Gasteiger partial charge < -0.3 is 26.0 Å². The van der Waals surface area contributed by atoms with Gasteiger partial charge in [0, 0.05) is 6.54 Å². The summed E-state index contributed by atoms with van der Waals surface area (Å²) in [5.74, 6) is -0.949. The van der Waals surface area contributed by atoms with E-state index < -0.39 is 24.1 Å². The molecule has 1 saturated carbocycles. The smallest absolute Gasteiger partial charge is 0.243 e. The minimum absolute atomic E-state index is 0.0189. The van der Waals surface area contributed by atoms with Gasteiger partial charge in [-0.1, -0.05) is 0 Å². The number of hydrogen-bond acceptors (Lipinski definition) is 5. The summed E-state index contributed by atoms with van der Waals surface area (Å²) in [4.78, 5) is 38.9. The van der Waals surface area contributed by atoms with Crippen molar-refractivity contribution in [2.45, 2.75) is 82.2 Å². The maximum absolute atomic E-state index is 12.8. The van der Waals surface area contributed by atoms with Gasteiger partial charge in [0.25, 0.3) is 0 Å². The Balaban J connectivity index is 1.60. The van der Waals surface area contributed by atoms with Crippen molar-refractivity contribution in [1.82, 2.24) is 15.5 Å².